The molecular formula is C4H8NO5P. The van der Waals surface area contributed by atoms with E-state index in [2.05, 4.69) is 0 Å². The summed E-state index contributed by atoms with van der Waals surface area (Å²) in [4.78, 5) is 36.4. The highest BCUT2D eigenvalue weighted by molar-refractivity contribution is 7.49. The Kier molecular flexibility index (Phi) is 4.14. The lowest BCUT2D eigenvalue weighted by Gasteiger charge is -2.09. The van der Waals surface area contributed by atoms with Crippen molar-refractivity contribution in [2.45, 2.75) is 12.5 Å². The molecule has 0 fully saturated rings. The van der Waals surface area contributed by atoms with Gasteiger partial charge in [-0.05, 0) is 0 Å². The Morgan fingerprint density at radius 1 is 1.45 bits per heavy atom. The molecule has 0 radical (unpaired) electrons. The second kappa shape index (κ2) is 4.35. The van der Waals surface area contributed by atoms with Gasteiger partial charge in [0.15, 0.2) is 0 Å². The SMILES string of the molecule is O=CCC(C=O)NP(=O)(O)O. The molecule has 0 aliphatic rings. The molecule has 0 amide bonds. The molecule has 3 N–H and O–H groups in total. The molecule has 64 valence electrons. The highest BCUT2D eigenvalue weighted by Gasteiger charge is 2.18. The van der Waals surface area contributed by atoms with Crippen molar-refractivity contribution in [2.24, 2.45) is 0 Å². The average Bonchev–Trinajstić information content (AvgIpc) is 1.84. The molecule has 0 aromatic rings. The van der Waals surface area contributed by atoms with E-state index in [1.807, 2.05) is 0 Å². The van der Waals surface area contributed by atoms with E-state index in [4.69, 9.17) is 9.79 Å². The van der Waals surface area contributed by atoms with Crippen molar-refractivity contribution in [3.63, 3.8) is 0 Å². The summed E-state index contributed by atoms with van der Waals surface area (Å²) in [6.07, 6.45) is 0.434. The van der Waals surface area contributed by atoms with E-state index in [9.17, 15) is 14.2 Å². The molecule has 6 nitrogen and oxygen atoms in total. The van der Waals surface area contributed by atoms with Gasteiger partial charge >= 0.3 is 7.75 Å². The molecule has 0 aliphatic heterocycles. The summed E-state index contributed by atoms with van der Waals surface area (Å²) in [7, 11) is -4.41. The van der Waals surface area contributed by atoms with Crippen LogP contribution in [-0.2, 0) is 14.2 Å². The Morgan fingerprint density at radius 3 is 2.27 bits per heavy atom. The second-order valence-electron chi connectivity index (χ2n) is 1.82. The Labute approximate surface area is 62.8 Å². The molecule has 0 saturated carbocycles. The van der Waals surface area contributed by atoms with Crippen LogP contribution in [0.2, 0.25) is 0 Å². The van der Waals surface area contributed by atoms with E-state index in [1.54, 1.807) is 5.09 Å². The Balaban J connectivity index is 3.97. The maximum absolute atomic E-state index is 10.2. The predicted octanol–water partition coefficient (Wildman–Crippen LogP) is -1.17. The highest BCUT2D eigenvalue weighted by atomic mass is 31.2. The van der Waals surface area contributed by atoms with Gasteiger partial charge in [0.05, 0.1) is 6.04 Å². The second-order valence-corrected chi connectivity index (χ2v) is 3.16. The van der Waals surface area contributed by atoms with Gasteiger partial charge in [0, 0.05) is 6.42 Å². The van der Waals surface area contributed by atoms with Crippen molar-refractivity contribution in [2.75, 3.05) is 0 Å². The predicted molar refractivity (Wildman–Crippen MR) is 35.7 cm³/mol. The number of aldehydes is 2. The molecule has 0 aromatic heterocycles. The van der Waals surface area contributed by atoms with Gasteiger partial charge < -0.3 is 19.4 Å². The fourth-order valence-corrected chi connectivity index (χ4v) is 1.06. The van der Waals surface area contributed by atoms with Crippen LogP contribution in [0.3, 0.4) is 0 Å². The summed E-state index contributed by atoms with van der Waals surface area (Å²) < 4.78 is 10.2. The van der Waals surface area contributed by atoms with Crippen molar-refractivity contribution in [1.29, 1.82) is 0 Å². The van der Waals surface area contributed by atoms with E-state index in [-0.39, 0.29) is 12.7 Å². The van der Waals surface area contributed by atoms with E-state index in [0.717, 1.165) is 0 Å². The molecule has 7 heteroatoms. The Bertz CT molecular complexity index is 187. The van der Waals surface area contributed by atoms with E-state index in [1.165, 1.54) is 0 Å². The molecule has 0 rings (SSSR count). The van der Waals surface area contributed by atoms with Crippen LogP contribution in [-0.4, -0.2) is 28.4 Å². The number of carbonyl (C=O) groups excluding carboxylic acids is 2. The minimum atomic E-state index is -4.41. The van der Waals surface area contributed by atoms with Crippen molar-refractivity contribution < 1.29 is 23.9 Å². The quantitative estimate of drug-likeness (QED) is 0.364. The first-order valence-corrected chi connectivity index (χ1v) is 4.33. The monoisotopic (exact) mass is 181 g/mol. The third-order valence-corrected chi connectivity index (χ3v) is 1.52. The van der Waals surface area contributed by atoms with Crippen LogP contribution < -0.4 is 5.09 Å². The third-order valence-electron chi connectivity index (χ3n) is 0.848. The molecule has 11 heavy (non-hydrogen) atoms. The van der Waals surface area contributed by atoms with E-state index >= 15 is 0 Å². The minimum Gasteiger partial charge on any atom is -0.313 e. The van der Waals surface area contributed by atoms with Crippen molar-refractivity contribution in [3.8, 4) is 0 Å². The largest absolute Gasteiger partial charge is 0.400 e. The normalized spacial score (nSPS) is 14.0. The van der Waals surface area contributed by atoms with Gasteiger partial charge in [-0.3, -0.25) is 0 Å². The first kappa shape index (κ1) is 10.4. The zero-order chi connectivity index (χ0) is 8.91. The first-order valence-electron chi connectivity index (χ1n) is 2.72. The molecule has 0 aliphatic carbocycles. The maximum atomic E-state index is 10.2. The molecule has 0 bridgehead atoms. The summed E-state index contributed by atoms with van der Waals surface area (Å²) in [6.45, 7) is 0. The number of nitrogens with one attached hydrogen (secondary N) is 1. The smallest absolute Gasteiger partial charge is 0.313 e. The lowest BCUT2D eigenvalue weighted by Crippen LogP contribution is -2.27. The highest BCUT2D eigenvalue weighted by Crippen LogP contribution is 2.28. The fourth-order valence-electron chi connectivity index (χ4n) is 0.458. The summed E-state index contributed by atoms with van der Waals surface area (Å²) in [5.41, 5.74) is 0. The van der Waals surface area contributed by atoms with Crippen LogP contribution in [0.5, 0.6) is 0 Å². The molecule has 0 heterocycles. The van der Waals surface area contributed by atoms with Crippen LogP contribution in [0.15, 0.2) is 0 Å². The van der Waals surface area contributed by atoms with Gasteiger partial charge in [-0.2, -0.15) is 0 Å². The molecule has 1 atom stereocenters. The Hall–Kier alpha value is -0.550. The zero-order valence-corrected chi connectivity index (χ0v) is 6.40. The summed E-state index contributed by atoms with van der Waals surface area (Å²) in [6, 6.07) is -1.10. The molecule has 0 saturated heterocycles. The fraction of sp³-hybridized carbons (Fsp3) is 0.500. The van der Waals surface area contributed by atoms with Crippen LogP contribution in [0.25, 0.3) is 0 Å². The van der Waals surface area contributed by atoms with Crippen molar-refractivity contribution in [1.82, 2.24) is 5.09 Å². The van der Waals surface area contributed by atoms with Crippen molar-refractivity contribution in [3.05, 3.63) is 0 Å². The van der Waals surface area contributed by atoms with Gasteiger partial charge in [0.2, 0.25) is 0 Å². The van der Waals surface area contributed by atoms with Gasteiger partial charge in [-0.25, -0.2) is 9.65 Å². The molecule has 1 unspecified atom stereocenters. The van der Waals surface area contributed by atoms with Gasteiger partial charge in [-0.15, -0.1) is 0 Å². The van der Waals surface area contributed by atoms with Gasteiger partial charge in [0.25, 0.3) is 0 Å². The molecule has 0 spiro atoms. The van der Waals surface area contributed by atoms with Gasteiger partial charge in [-0.1, -0.05) is 0 Å². The average molecular weight is 181 g/mol. The number of rotatable bonds is 5. The standard InChI is InChI=1S/C4H8NO5P/c6-2-1-4(3-7)5-11(8,9)10/h2-4H,1H2,(H3,5,8,9,10). The first-order chi connectivity index (χ1) is 4.99. The summed E-state index contributed by atoms with van der Waals surface area (Å²) in [5, 5.41) is 1.67. The van der Waals surface area contributed by atoms with Crippen molar-refractivity contribution >= 4 is 20.3 Å². The number of hydrogen-bond acceptors (Lipinski definition) is 3. The molecular weight excluding hydrogens is 173 g/mol. The van der Waals surface area contributed by atoms with E-state index < -0.39 is 13.8 Å². The number of hydrogen-bond donors (Lipinski definition) is 3. The summed E-state index contributed by atoms with van der Waals surface area (Å²) >= 11 is 0. The van der Waals surface area contributed by atoms with Gasteiger partial charge in [0.1, 0.15) is 12.6 Å². The number of carbonyl (C=O) groups is 2. The van der Waals surface area contributed by atoms with Crippen LogP contribution in [0.4, 0.5) is 0 Å². The van der Waals surface area contributed by atoms with Crippen LogP contribution in [0.1, 0.15) is 6.42 Å². The topological polar surface area (TPSA) is 104 Å². The van der Waals surface area contributed by atoms with E-state index in [0.29, 0.717) is 6.29 Å². The molecule has 0 aromatic carbocycles. The zero-order valence-electron chi connectivity index (χ0n) is 5.51. The minimum absolute atomic E-state index is 0.241. The Morgan fingerprint density at radius 2 is 2.00 bits per heavy atom. The third kappa shape index (κ3) is 5.87. The van der Waals surface area contributed by atoms with Crippen LogP contribution >= 0.6 is 7.75 Å². The maximum Gasteiger partial charge on any atom is 0.400 e. The lowest BCUT2D eigenvalue weighted by atomic mass is 10.3. The summed E-state index contributed by atoms with van der Waals surface area (Å²) in [5.74, 6) is 0. The lowest BCUT2D eigenvalue weighted by molar-refractivity contribution is -0.113. The van der Waals surface area contributed by atoms with Crippen LogP contribution in [0, 0.1) is 0 Å².